The number of carbonyl (C=O) groups is 1. The van der Waals surface area contributed by atoms with Crippen LogP contribution in [-0.2, 0) is 4.79 Å². The van der Waals surface area contributed by atoms with Gasteiger partial charge in [-0.1, -0.05) is 38.0 Å². The van der Waals surface area contributed by atoms with Gasteiger partial charge in [0.05, 0.1) is 18.0 Å². The zero-order valence-corrected chi connectivity index (χ0v) is 14.3. The molecule has 1 atom stereocenters. The van der Waals surface area contributed by atoms with Gasteiger partial charge in [-0.05, 0) is 24.7 Å². The van der Waals surface area contributed by atoms with Crippen LogP contribution in [0.1, 0.15) is 31.7 Å². The molecule has 1 aromatic carbocycles. The Labute approximate surface area is 141 Å². The quantitative estimate of drug-likeness (QED) is 0.838. The Kier molecular flexibility index (Phi) is 4.21. The van der Waals surface area contributed by atoms with Gasteiger partial charge in [-0.25, -0.2) is 4.99 Å². The number of β-amino-alcohol motifs (C(OH)–C–C–N with tert-alkyl or cyclic N) is 1. The summed E-state index contributed by atoms with van der Waals surface area (Å²) in [7, 11) is 1.80. The largest absolute Gasteiger partial charge is 0.395 e. The maximum Gasteiger partial charge on any atom is 0.259 e. The molecule has 1 unspecified atom stereocenters. The molecule has 0 bridgehead atoms. The number of anilines is 1. The average molecular weight is 331 g/mol. The van der Waals surface area contributed by atoms with Crippen LogP contribution >= 0.6 is 12.2 Å². The number of aliphatic hydroxyl groups is 1. The number of aliphatic imine (C=N–C) groups is 1. The minimum Gasteiger partial charge on any atom is -0.395 e. The third-order valence-corrected chi connectivity index (χ3v) is 5.00. The lowest BCUT2D eigenvalue weighted by Crippen LogP contribution is -2.64. The van der Waals surface area contributed by atoms with Crippen LogP contribution in [0.25, 0.3) is 0 Å². The molecule has 0 aromatic heterocycles. The van der Waals surface area contributed by atoms with Crippen LogP contribution in [0, 0.1) is 0 Å². The van der Waals surface area contributed by atoms with Crippen LogP contribution in [0.3, 0.4) is 0 Å². The van der Waals surface area contributed by atoms with Crippen molar-refractivity contribution in [1.29, 1.82) is 0 Å². The number of benzene rings is 1. The first-order chi connectivity index (χ1) is 11.1. The number of para-hydroxylation sites is 1. The zero-order valence-electron chi connectivity index (χ0n) is 13.5. The summed E-state index contributed by atoms with van der Waals surface area (Å²) in [6.45, 7) is 2.36. The molecule has 1 N–H and O–H groups in total. The van der Waals surface area contributed by atoms with Crippen molar-refractivity contribution in [3.8, 4) is 0 Å². The highest BCUT2D eigenvalue weighted by molar-refractivity contribution is 7.80. The summed E-state index contributed by atoms with van der Waals surface area (Å²) in [5.41, 5.74) is 1.67. The number of fused-ring (bicyclic) bond motifs is 3. The van der Waals surface area contributed by atoms with E-state index < -0.39 is 5.54 Å². The fraction of sp³-hybridized carbons (Fsp3) is 0.471. The number of amides is 1. The summed E-state index contributed by atoms with van der Waals surface area (Å²) in [6.07, 6.45) is 2.53. The molecule has 0 spiro atoms. The molecule has 0 aliphatic carbocycles. The highest BCUT2D eigenvalue weighted by atomic mass is 32.1. The number of carbonyl (C=O) groups excluding carboxylic acids is 1. The summed E-state index contributed by atoms with van der Waals surface area (Å²) in [6, 6.07) is 7.79. The normalized spacial score (nSPS) is 23.0. The monoisotopic (exact) mass is 331 g/mol. The van der Waals surface area contributed by atoms with Crippen molar-refractivity contribution in [2.75, 3.05) is 25.1 Å². The minimum atomic E-state index is -0.876. The van der Waals surface area contributed by atoms with Crippen LogP contribution in [0.4, 0.5) is 5.69 Å². The molecule has 23 heavy (non-hydrogen) atoms. The molecule has 0 radical (unpaired) electrons. The molecule has 2 heterocycles. The third-order valence-electron chi connectivity index (χ3n) is 4.69. The molecule has 1 amide bonds. The second-order valence-electron chi connectivity index (χ2n) is 5.96. The third kappa shape index (κ3) is 2.20. The maximum atomic E-state index is 13.3. The van der Waals surface area contributed by atoms with Crippen molar-refractivity contribution in [3.05, 3.63) is 29.8 Å². The number of hydrogen-bond donors (Lipinski definition) is 1. The number of aliphatic hydroxyl groups excluding tert-OH is 1. The molecule has 6 heteroatoms. The van der Waals surface area contributed by atoms with Crippen molar-refractivity contribution >= 4 is 34.6 Å². The first kappa shape index (κ1) is 16.1. The molecular formula is C17H21N3O2S. The summed E-state index contributed by atoms with van der Waals surface area (Å²) >= 11 is 5.42. The highest BCUT2D eigenvalue weighted by Gasteiger charge is 2.57. The van der Waals surface area contributed by atoms with Crippen molar-refractivity contribution in [1.82, 2.24) is 4.90 Å². The van der Waals surface area contributed by atoms with E-state index in [0.29, 0.717) is 18.1 Å². The number of nitrogens with zero attached hydrogens (tertiary/aromatic N) is 3. The van der Waals surface area contributed by atoms with Crippen LogP contribution in [0.2, 0.25) is 0 Å². The summed E-state index contributed by atoms with van der Waals surface area (Å²) < 4.78 is 0. The van der Waals surface area contributed by atoms with Gasteiger partial charge in [0.2, 0.25) is 0 Å². The maximum absolute atomic E-state index is 13.3. The van der Waals surface area contributed by atoms with Crippen LogP contribution < -0.4 is 4.90 Å². The number of rotatable bonds is 5. The Morgan fingerprint density at radius 1 is 1.35 bits per heavy atom. The molecule has 0 saturated heterocycles. The molecule has 0 saturated carbocycles. The molecule has 122 valence electrons. The van der Waals surface area contributed by atoms with E-state index in [1.165, 1.54) is 0 Å². The van der Waals surface area contributed by atoms with Gasteiger partial charge in [-0.15, -0.1) is 0 Å². The second-order valence-corrected chi connectivity index (χ2v) is 6.33. The predicted molar refractivity (Wildman–Crippen MR) is 95.0 cm³/mol. The van der Waals surface area contributed by atoms with Gasteiger partial charge >= 0.3 is 0 Å². The molecule has 2 aliphatic heterocycles. The van der Waals surface area contributed by atoms with E-state index in [0.717, 1.165) is 29.8 Å². The Morgan fingerprint density at radius 2 is 2.09 bits per heavy atom. The molecule has 1 aromatic rings. The number of unbranched alkanes of at least 4 members (excludes halogenated alkanes) is 1. The summed E-state index contributed by atoms with van der Waals surface area (Å²) in [5, 5.41) is 9.84. The first-order valence-electron chi connectivity index (χ1n) is 7.97. The number of hydrogen-bond acceptors (Lipinski definition) is 3. The molecule has 0 fully saturated rings. The van der Waals surface area contributed by atoms with E-state index in [-0.39, 0.29) is 12.5 Å². The fourth-order valence-corrected chi connectivity index (χ4v) is 3.91. The smallest absolute Gasteiger partial charge is 0.259 e. The van der Waals surface area contributed by atoms with E-state index in [1.807, 2.05) is 29.2 Å². The Hall–Kier alpha value is -1.79. The zero-order chi connectivity index (χ0) is 16.6. The van der Waals surface area contributed by atoms with Gasteiger partial charge in [-0.2, -0.15) is 0 Å². The standard InChI is InChI=1S/C17H21N3O2S/c1-3-4-9-17-14(18-16(23)20(17)10-11-21)12-7-5-6-8-13(12)19(2)15(17)22/h5-8,21H,3-4,9-11H2,1-2H3. The lowest BCUT2D eigenvalue weighted by atomic mass is 9.78. The lowest BCUT2D eigenvalue weighted by molar-refractivity contribution is -0.125. The SMILES string of the molecule is CCCCC12C(=O)N(C)c3ccccc3C1=NC(=S)N2CCO. The second kappa shape index (κ2) is 6.02. The topological polar surface area (TPSA) is 56.1 Å². The molecule has 5 nitrogen and oxygen atoms in total. The number of likely N-dealkylation sites (N-methyl/N-ethyl adjacent to an activating group) is 1. The van der Waals surface area contributed by atoms with Gasteiger partial charge in [0.1, 0.15) is 0 Å². The summed E-state index contributed by atoms with van der Waals surface area (Å²) in [4.78, 5) is 21.4. The van der Waals surface area contributed by atoms with Gasteiger partial charge in [-0.3, -0.25) is 4.79 Å². The van der Waals surface area contributed by atoms with Gasteiger partial charge in [0.15, 0.2) is 10.7 Å². The molecule has 3 rings (SSSR count). The van der Waals surface area contributed by atoms with Crippen molar-refractivity contribution in [3.63, 3.8) is 0 Å². The first-order valence-corrected chi connectivity index (χ1v) is 8.38. The molecular weight excluding hydrogens is 310 g/mol. The van der Waals surface area contributed by atoms with Crippen LogP contribution in [0.15, 0.2) is 29.3 Å². The minimum absolute atomic E-state index is 0.0169. The van der Waals surface area contributed by atoms with Crippen LogP contribution in [-0.4, -0.2) is 52.5 Å². The van der Waals surface area contributed by atoms with Crippen LogP contribution in [0.5, 0.6) is 0 Å². The van der Waals surface area contributed by atoms with E-state index in [4.69, 9.17) is 12.2 Å². The number of thiocarbonyl (C=S) groups is 1. The van der Waals surface area contributed by atoms with E-state index in [1.54, 1.807) is 11.9 Å². The van der Waals surface area contributed by atoms with Crippen molar-refractivity contribution in [2.24, 2.45) is 4.99 Å². The van der Waals surface area contributed by atoms with Gasteiger partial charge in [0, 0.05) is 19.2 Å². The van der Waals surface area contributed by atoms with Crippen molar-refractivity contribution < 1.29 is 9.90 Å². The van der Waals surface area contributed by atoms with E-state index in [9.17, 15) is 9.90 Å². The van der Waals surface area contributed by atoms with E-state index in [2.05, 4.69) is 11.9 Å². The van der Waals surface area contributed by atoms with Gasteiger partial charge in [0.25, 0.3) is 5.91 Å². The summed E-state index contributed by atoms with van der Waals surface area (Å²) in [5.74, 6) is -0.0169. The Balaban J connectivity index is 2.20. The Morgan fingerprint density at radius 3 is 2.78 bits per heavy atom. The fourth-order valence-electron chi connectivity index (χ4n) is 3.57. The lowest BCUT2D eigenvalue weighted by Gasteiger charge is -2.44. The average Bonchev–Trinajstić information content (AvgIpc) is 2.85. The highest BCUT2D eigenvalue weighted by Crippen LogP contribution is 2.42. The molecule has 2 aliphatic rings. The van der Waals surface area contributed by atoms with Gasteiger partial charge < -0.3 is 14.9 Å². The predicted octanol–water partition coefficient (Wildman–Crippen LogP) is 1.97. The van der Waals surface area contributed by atoms with E-state index >= 15 is 0 Å². The van der Waals surface area contributed by atoms with Crippen molar-refractivity contribution in [2.45, 2.75) is 31.7 Å². The Bertz CT molecular complexity index is 688.